The topological polar surface area (TPSA) is 27.1 Å². The van der Waals surface area contributed by atoms with Crippen LogP contribution in [0.3, 0.4) is 0 Å². The number of rotatable bonds is 4. The van der Waals surface area contributed by atoms with E-state index < -0.39 is 0 Å². The van der Waals surface area contributed by atoms with Crippen molar-refractivity contribution in [1.82, 2.24) is 9.55 Å². The highest BCUT2D eigenvalue weighted by molar-refractivity contribution is 6.16. The molecule has 0 N–H and O–H groups in total. The minimum absolute atomic E-state index is 0.456. The summed E-state index contributed by atoms with van der Waals surface area (Å²) in [5.41, 5.74) is 2.13. The highest BCUT2D eigenvalue weighted by atomic mass is 35.5. The molecule has 1 aliphatic rings. The number of methoxy groups -OCH3 is 1. The molecular formula is C14H17ClN2O. The Balaban J connectivity index is 2.06. The van der Waals surface area contributed by atoms with Crippen molar-refractivity contribution in [1.29, 1.82) is 0 Å². The summed E-state index contributed by atoms with van der Waals surface area (Å²) in [7, 11) is 1.69. The van der Waals surface area contributed by atoms with Gasteiger partial charge in [0.15, 0.2) is 0 Å². The highest BCUT2D eigenvalue weighted by Crippen LogP contribution is 2.40. The number of fused-ring (bicyclic) bond motifs is 1. The van der Waals surface area contributed by atoms with Crippen LogP contribution in [0.5, 0.6) is 5.75 Å². The van der Waals surface area contributed by atoms with Crippen LogP contribution in [0.2, 0.25) is 0 Å². The molecule has 0 amide bonds. The monoisotopic (exact) mass is 264 g/mol. The lowest BCUT2D eigenvalue weighted by Crippen LogP contribution is -2.04. The van der Waals surface area contributed by atoms with Crippen molar-refractivity contribution in [3.05, 3.63) is 24.0 Å². The van der Waals surface area contributed by atoms with Gasteiger partial charge in [0.25, 0.3) is 0 Å². The molecule has 2 aromatic rings. The number of halogens is 1. The molecule has 4 heteroatoms. The maximum absolute atomic E-state index is 6.00. The lowest BCUT2D eigenvalue weighted by molar-refractivity contribution is 0.415. The summed E-state index contributed by atoms with van der Waals surface area (Å²) < 4.78 is 7.54. The number of hydrogen-bond donors (Lipinski definition) is 0. The van der Waals surface area contributed by atoms with Crippen molar-refractivity contribution in [3.8, 4) is 5.75 Å². The lowest BCUT2D eigenvalue weighted by atomic mass is 10.3. The zero-order valence-electron chi connectivity index (χ0n) is 10.7. The van der Waals surface area contributed by atoms with E-state index in [1.165, 1.54) is 6.42 Å². The first-order valence-corrected chi connectivity index (χ1v) is 6.85. The van der Waals surface area contributed by atoms with Crippen LogP contribution in [0.4, 0.5) is 0 Å². The van der Waals surface area contributed by atoms with E-state index in [2.05, 4.69) is 16.5 Å². The smallest absolute Gasteiger partial charge is 0.124 e. The summed E-state index contributed by atoms with van der Waals surface area (Å²) in [5, 5.41) is 0. The van der Waals surface area contributed by atoms with Crippen molar-refractivity contribution < 1.29 is 4.74 Å². The van der Waals surface area contributed by atoms with Gasteiger partial charge in [-0.2, -0.15) is 0 Å². The molecule has 0 saturated heterocycles. The first kappa shape index (κ1) is 11.8. The molecular weight excluding hydrogens is 248 g/mol. The van der Waals surface area contributed by atoms with E-state index in [1.807, 2.05) is 18.2 Å². The molecule has 0 spiro atoms. The van der Waals surface area contributed by atoms with E-state index in [0.717, 1.165) is 41.0 Å². The largest absolute Gasteiger partial charge is 0.497 e. The molecule has 1 saturated carbocycles. The molecule has 0 aliphatic heterocycles. The standard InChI is InChI=1S/C14H17ClN2O/c1-9-5-10(9)8-17-13-6-11(18-2)3-4-12(13)16-14(17)7-15/h3-4,6,9-10H,5,7-8H2,1-2H3. The van der Waals surface area contributed by atoms with Crippen molar-refractivity contribution in [2.45, 2.75) is 25.8 Å². The summed E-state index contributed by atoms with van der Waals surface area (Å²) in [6.07, 6.45) is 1.31. The third kappa shape index (κ3) is 1.97. The van der Waals surface area contributed by atoms with E-state index in [9.17, 15) is 0 Å². The van der Waals surface area contributed by atoms with Crippen molar-refractivity contribution in [2.75, 3.05) is 7.11 Å². The summed E-state index contributed by atoms with van der Waals surface area (Å²) in [6.45, 7) is 3.32. The Morgan fingerprint density at radius 1 is 1.50 bits per heavy atom. The van der Waals surface area contributed by atoms with Crippen LogP contribution in [0.1, 0.15) is 19.2 Å². The van der Waals surface area contributed by atoms with Crippen molar-refractivity contribution in [2.24, 2.45) is 11.8 Å². The van der Waals surface area contributed by atoms with Gasteiger partial charge in [-0.25, -0.2) is 4.98 Å². The van der Waals surface area contributed by atoms with Gasteiger partial charge >= 0.3 is 0 Å². The second-order valence-corrected chi connectivity index (χ2v) is 5.37. The predicted molar refractivity (Wildman–Crippen MR) is 73.1 cm³/mol. The summed E-state index contributed by atoms with van der Waals surface area (Å²) in [6, 6.07) is 5.99. The molecule has 1 aromatic heterocycles. The fraction of sp³-hybridized carbons (Fsp3) is 0.500. The van der Waals surface area contributed by atoms with Crippen LogP contribution in [0.15, 0.2) is 18.2 Å². The Morgan fingerprint density at radius 3 is 2.89 bits per heavy atom. The number of benzene rings is 1. The van der Waals surface area contributed by atoms with Crippen LogP contribution in [0, 0.1) is 11.8 Å². The van der Waals surface area contributed by atoms with E-state index in [1.54, 1.807) is 7.11 Å². The van der Waals surface area contributed by atoms with Gasteiger partial charge in [-0.05, 0) is 30.4 Å². The number of imidazole rings is 1. The zero-order valence-corrected chi connectivity index (χ0v) is 11.4. The van der Waals surface area contributed by atoms with Gasteiger partial charge in [0.1, 0.15) is 11.6 Å². The normalized spacial score (nSPS) is 22.4. The van der Waals surface area contributed by atoms with E-state index in [-0.39, 0.29) is 0 Å². The number of nitrogens with zero attached hydrogens (tertiary/aromatic N) is 2. The molecule has 1 aliphatic carbocycles. The van der Waals surface area contributed by atoms with E-state index in [0.29, 0.717) is 5.88 Å². The third-order valence-corrected chi connectivity index (χ3v) is 4.09. The first-order chi connectivity index (χ1) is 8.72. The summed E-state index contributed by atoms with van der Waals surface area (Å²) in [4.78, 5) is 4.59. The Hall–Kier alpha value is -1.22. The average Bonchev–Trinajstić information content (AvgIpc) is 2.97. The minimum atomic E-state index is 0.456. The number of hydrogen-bond acceptors (Lipinski definition) is 2. The minimum Gasteiger partial charge on any atom is -0.497 e. The molecule has 18 heavy (non-hydrogen) atoms. The van der Waals surface area contributed by atoms with Gasteiger partial charge in [0, 0.05) is 12.6 Å². The maximum Gasteiger partial charge on any atom is 0.124 e. The van der Waals surface area contributed by atoms with Crippen molar-refractivity contribution in [3.63, 3.8) is 0 Å². The summed E-state index contributed by atoms with van der Waals surface area (Å²) in [5.74, 6) is 3.89. The van der Waals surface area contributed by atoms with Gasteiger partial charge in [-0.15, -0.1) is 11.6 Å². The third-order valence-electron chi connectivity index (χ3n) is 3.85. The fourth-order valence-corrected chi connectivity index (χ4v) is 2.68. The van der Waals surface area contributed by atoms with Gasteiger partial charge in [0.2, 0.25) is 0 Å². The predicted octanol–water partition coefficient (Wildman–Crippen LogP) is 3.44. The second kappa shape index (κ2) is 4.47. The maximum atomic E-state index is 6.00. The average molecular weight is 265 g/mol. The Morgan fingerprint density at radius 2 is 2.28 bits per heavy atom. The first-order valence-electron chi connectivity index (χ1n) is 6.32. The highest BCUT2D eigenvalue weighted by Gasteiger charge is 2.33. The SMILES string of the molecule is COc1ccc2nc(CCl)n(CC3CC3C)c2c1. The molecule has 2 unspecified atom stereocenters. The fourth-order valence-electron chi connectivity index (χ4n) is 2.47. The molecule has 3 rings (SSSR count). The summed E-state index contributed by atoms with van der Waals surface area (Å²) >= 11 is 6.00. The molecule has 0 radical (unpaired) electrons. The quantitative estimate of drug-likeness (QED) is 0.791. The van der Waals surface area contributed by atoms with Crippen LogP contribution in [-0.4, -0.2) is 16.7 Å². The Bertz CT molecular complexity index is 578. The van der Waals surface area contributed by atoms with E-state index in [4.69, 9.17) is 16.3 Å². The van der Waals surface area contributed by atoms with Gasteiger partial charge in [0.05, 0.1) is 24.0 Å². The number of aromatic nitrogens is 2. The van der Waals surface area contributed by atoms with Gasteiger partial charge < -0.3 is 9.30 Å². The molecule has 3 nitrogen and oxygen atoms in total. The van der Waals surface area contributed by atoms with Gasteiger partial charge in [-0.1, -0.05) is 6.92 Å². The Labute approximate surface area is 112 Å². The Kier molecular flexibility index (Phi) is 2.94. The molecule has 96 valence electrons. The van der Waals surface area contributed by atoms with Crippen LogP contribution < -0.4 is 4.74 Å². The number of alkyl halides is 1. The van der Waals surface area contributed by atoms with Crippen LogP contribution in [-0.2, 0) is 12.4 Å². The lowest BCUT2D eigenvalue weighted by Gasteiger charge is -2.07. The van der Waals surface area contributed by atoms with Gasteiger partial charge in [-0.3, -0.25) is 0 Å². The zero-order chi connectivity index (χ0) is 12.7. The molecule has 1 fully saturated rings. The molecule has 1 heterocycles. The molecule has 2 atom stereocenters. The number of ether oxygens (including phenoxy) is 1. The molecule has 0 bridgehead atoms. The van der Waals surface area contributed by atoms with Crippen LogP contribution >= 0.6 is 11.6 Å². The van der Waals surface area contributed by atoms with Crippen LogP contribution in [0.25, 0.3) is 11.0 Å². The molecule has 1 aromatic carbocycles. The second-order valence-electron chi connectivity index (χ2n) is 5.10. The van der Waals surface area contributed by atoms with E-state index >= 15 is 0 Å². The van der Waals surface area contributed by atoms with Crippen molar-refractivity contribution >= 4 is 22.6 Å².